The van der Waals surface area contributed by atoms with E-state index in [0.29, 0.717) is 29.0 Å². The van der Waals surface area contributed by atoms with Crippen molar-refractivity contribution in [2.24, 2.45) is 5.92 Å². The molecule has 0 saturated heterocycles. The molecular weight excluding hydrogens is 282 g/mol. The molecule has 0 radical (unpaired) electrons. The van der Waals surface area contributed by atoms with Crippen LogP contribution in [0.4, 0.5) is 5.69 Å². The molecule has 1 aliphatic rings. The number of anilines is 1. The molecule has 0 bridgehead atoms. The average Bonchev–Trinajstić information content (AvgIpc) is 2.54. The van der Waals surface area contributed by atoms with Gasteiger partial charge in [-0.15, -0.1) is 0 Å². The van der Waals surface area contributed by atoms with Crippen LogP contribution in [0.3, 0.4) is 0 Å². The number of nitrogens with one attached hydrogen (secondary N) is 1. The highest BCUT2D eigenvalue weighted by atomic mass is 16.5. The summed E-state index contributed by atoms with van der Waals surface area (Å²) >= 11 is 0. The first kappa shape index (κ1) is 14.7. The third kappa shape index (κ3) is 3.01. The van der Waals surface area contributed by atoms with Gasteiger partial charge in [-0.3, -0.25) is 9.78 Å². The average molecular weight is 301 g/mol. The maximum Gasteiger partial charge on any atom is 0.227 e. The summed E-state index contributed by atoms with van der Waals surface area (Å²) in [5.74, 6) is 0.248. The SMILES string of the molecule is COc1ccc2nccc(NC(=O)C3CCCC(O)C3)c2n1. The molecule has 22 heavy (non-hydrogen) atoms. The third-order valence-electron chi connectivity index (χ3n) is 4.04. The Morgan fingerprint density at radius 1 is 1.36 bits per heavy atom. The van der Waals surface area contributed by atoms with Gasteiger partial charge in [0.15, 0.2) is 0 Å². The van der Waals surface area contributed by atoms with Crippen LogP contribution in [0.15, 0.2) is 24.4 Å². The van der Waals surface area contributed by atoms with Crippen LogP contribution < -0.4 is 10.1 Å². The van der Waals surface area contributed by atoms with Crippen molar-refractivity contribution in [2.45, 2.75) is 31.8 Å². The molecule has 116 valence electrons. The number of carbonyl (C=O) groups is 1. The van der Waals surface area contributed by atoms with Crippen molar-refractivity contribution in [1.29, 1.82) is 0 Å². The van der Waals surface area contributed by atoms with Crippen molar-refractivity contribution in [3.63, 3.8) is 0 Å². The lowest BCUT2D eigenvalue weighted by molar-refractivity contribution is -0.122. The van der Waals surface area contributed by atoms with E-state index in [1.807, 2.05) is 0 Å². The maximum atomic E-state index is 12.4. The van der Waals surface area contributed by atoms with Gasteiger partial charge in [-0.1, -0.05) is 6.42 Å². The van der Waals surface area contributed by atoms with Gasteiger partial charge < -0.3 is 15.2 Å². The highest BCUT2D eigenvalue weighted by Gasteiger charge is 2.26. The number of rotatable bonds is 3. The fourth-order valence-corrected chi connectivity index (χ4v) is 2.86. The number of methoxy groups -OCH3 is 1. The Hall–Kier alpha value is -2.21. The number of aliphatic hydroxyl groups is 1. The molecule has 1 aliphatic carbocycles. The van der Waals surface area contributed by atoms with Gasteiger partial charge in [0, 0.05) is 18.2 Å². The van der Waals surface area contributed by atoms with Crippen molar-refractivity contribution in [2.75, 3.05) is 12.4 Å². The molecule has 6 heteroatoms. The first-order chi connectivity index (χ1) is 10.7. The van der Waals surface area contributed by atoms with E-state index >= 15 is 0 Å². The number of pyridine rings is 2. The minimum Gasteiger partial charge on any atom is -0.481 e. The number of hydrogen-bond acceptors (Lipinski definition) is 5. The Balaban J connectivity index is 1.85. The molecule has 0 spiro atoms. The molecule has 2 atom stereocenters. The second-order valence-corrected chi connectivity index (χ2v) is 5.59. The standard InChI is InChI=1S/C16H19N3O3/c1-22-14-6-5-12-15(19-14)13(7-8-17-12)18-16(21)10-3-2-4-11(20)9-10/h5-8,10-11,20H,2-4,9H2,1H3,(H,17,18,21). The number of ether oxygens (including phenoxy) is 1. The third-order valence-corrected chi connectivity index (χ3v) is 4.04. The monoisotopic (exact) mass is 301 g/mol. The van der Waals surface area contributed by atoms with E-state index in [0.717, 1.165) is 19.3 Å². The van der Waals surface area contributed by atoms with Crippen LogP contribution in [-0.2, 0) is 4.79 Å². The summed E-state index contributed by atoms with van der Waals surface area (Å²) < 4.78 is 5.13. The second-order valence-electron chi connectivity index (χ2n) is 5.59. The summed E-state index contributed by atoms with van der Waals surface area (Å²) in [7, 11) is 1.55. The Morgan fingerprint density at radius 3 is 3.00 bits per heavy atom. The molecule has 6 nitrogen and oxygen atoms in total. The van der Waals surface area contributed by atoms with E-state index in [4.69, 9.17) is 4.74 Å². The van der Waals surface area contributed by atoms with E-state index < -0.39 is 0 Å². The van der Waals surface area contributed by atoms with Crippen LogP contribution in [0.2, 0.25) is 0 Å². The van der Waals surface area contributed by atoms with Gasteiger partial charge in [-0.2, -0.15) is 0 Å². The lowest BCUT2D eigenvalue weighted by atomic mass is 9.86. The van der Waals surface area contributed by atoms with Crippen LogP contribution in [0.5, 0.6) is 5.88 Å². The molecule has 0 aliphatic heterocycles. The van der Waals surface area contributed by atoms with E-state index in [9.17, 15) is 9.90 Å². The summed E-state index contributed by atoms with van der Waals surface area (Å²) in [6, 6.07) is 5.27. The van der Waals surface area contributed by atoms with Gasteiger partial charge >= 0.3 is 0 Å². The molecule has 2 aromatic rings. The Kier molecular flexibility index (Phi) is 4.20. The zero-order valence-electron chi connectivity index (χ0n) is 12.5. The van der Waals surface area contributed by atoms with Gasteiger partial charge in [0.2, 0.25) is 11.8 Å². The van der Waals surface area contributed by atoms with Gasteiger partial charge in [0.1, 0.15) is 5.52 Å². The van der Waals surface area contributed by atoms with Crippen LogP contribution >= 0.6 is 0 Å². The van der Waals surface area contributed by atoms with Crippen LogP contribution in [0.1, 0.15) is 25.7 Å². The molecule has 0 aromatic carbocycles. The summed E-state index contributed by atoms with van der Waals surface area (Å²) in [5.41, 5.74) is 1.92. The van der Waals surface area contributed by atoms with E-state index in [1.165, 1.54) is 0 Å². The van der Waals surface area contributed by atoms with Crippen LogP contribution in [-0.4, -0.2) is 34.2 Å². The number of aromatic nitrogens is 2. The van der Waals surface area contributed by atoms with Crippen molar-refractivity contribution in [1.82, 2.24) is 9.97 Å². The zero-order valence-corrected chi connectivity index (χ0v) is 12.5. The maximum absolute atomic E-state index is 12.4. The highest BCUT2D eigenvalue weighted by Crippen LogP contribution is 2.27. The summed E-state index contributed by atoms with van der Waals surface area (Å²) in [5, 5.41) is 12.6. The van der Waals surface area contributed by atoms with Gasteiger partial charge in [-0.05, 0) is 31.4 Å². The summed E-state index contributed by atoms with van der Waals surface area (Å²) in [6.45, 7) is 0. The van der Waals surface area contributed by atoms with Gasteiger partial charge in [0.25, 0.3) is 0 Å². The summed E-state index contributed by atoms with van der Waals surface area (Å²) in [4.78, 5) is 21.0. The Bertz CT molecular complexity index is 689. The Morgan fingerprint density at radius 2 is 2.23 bits per heavy atom. The minimum atomic E-state index is -0.378. The normalized spacial score (nSPS) is 21.5. The van der Waals surface area contributed by atoms with Gasteiger partial charge in [0.05, 0.1) is 24.4 Å². The quantitative estimate of drug-likeness (QED) is 0.907. The van der Waals surface area contributed by atoms with Crippen molar-refractivity contribution < 1.29 is 14.6 Å². The predicted molar refractivity (Wildman–Crippen MR) is 82.7 cm³/mol. The van der Waals surface area contributed by atoms with E-state index in [1.54, 1.807) is 31.5 Å². The topological polar surface area (TPSA) is 84.3 Å². The molecule has 2 heterocycles. The molecule has 2 N–H and O–H groups in total. The Labute approximate surface area is 128 Å². The fourth-order valence-electron chi connectivity index (χ4n) is 2.86. The fraction of sp³-hybridized carbons (Fsp3) is 0.438. The lowest BCUT2D eigenvalue weighted by Crippen LogP contribution is -2.30. The molecular formula is C16H19N3O3. The molecule has 1 amide bonds. The molecule has 2 aromatic heterocycles. The summed E-state index contributed by atoms with van der Waals surface area (Å²) in [6.07, 6.45) is 4.25. The predicted octanol–water partition coefficient (Wildman–Crippen LogP) is 2.13. The van der Waals surface area contributed by atoms with Crippen molar-refractivity contribution in [3.8, 4) is 5.88 Å². The molecule has 2 unspecified atom stereocenters. The van der Waals surface area contributed by atoms with Crippen molar-refractivity contribution >= 4 is 22.6 Å². The minimum absolute atomic E-state index is 0.0733. The number of aliphatic hydroxyl groups excluding tert-OH is 1. The molecule has 3 rings (SSSR count). The first-order valence-corrected chi connectivity index (χ1v) is 7.46. The zero-order chi connectivity index (χ0) is 15.5. The van der Waals surface area contributed by atoms with E-state index in [-0.39, 0.29) is 17.9 Å². The van der Waals surface area contributed by atoms with E-state index in [2.05, 4.69) is 15.3 Å². The lowest BCUT2D eigenvalue weighted by Gasteiger charge is -2.25. The second kappa shape index (κ2) is 6.27. The molecule has 1 fully saturated rings. The highest BCUT2D eigenvalue weighted by molar-refractivity contribution is 6.00. The first-order valence-electron chi connectivity index (χ1n) is 7.46. The number of fused-ring (bicyclic) bond motifs is 1. The van der Waals surface area contributed by atoms with Crippen molar-refractivity contribution in [3.05, 3.63) is 24.4 Å². The number of amides is 1. The number of nitrogens with zero attached hydrogens (tertiary/aromatic N) is 2. The smallest absolute Gasteiger partial charge is 0.227 e. The van der Waals surface area contributed by atoms with Crippen LogP contribution in [0, 0.1) is 5.92 Å². The number of hydrogen-bond donors (Lipinski definition) is 2. The number of carbonyl (C=O) groups excluding carboxylic acids is 1. The van der Waals surface area contributed by atoms with Gasteiger partial charge in [-0.25, -0.2) is 4.98 Å². The molecule has 1 saturated carbocycles. The van der Waals surface area contributed by atoms with Crippen LogP contribution in [0.25, 0.3) is 11.0 Å². The largest absolute Gasteiger partial charge is 0.481 e.